The largest absolute Gasteiger partial charge is 0.483 e. The third kappa shape index (κ3) is 3.82. The molecule has 0 bridgehead atoms. The molecule has 0 aromatic heterocycles. The summed E-state index contributed by atoms with van der Waals surface area (Å²) >= 11 is 0. The van der Waals surface area contributed by atoms with Crippen molar-refractivity contribution in [2.45, 2.75) is 57.5 Å². The smallest absolute Gasteiger partial charge is 0.212 e. The normalized spacial score (nSPS) is 36.3. The standard InChI is InChI=1S/C15H26N2O6/c1-7(2)10-14(20-4)17-11(15(16-10)21-5)12(19)13-9(18)6-22-8(3)23-13/h7-13,18-19H,6H2,1-5H3/t8-,9-,10-,11+,12+,13-/m1/s1. The Morgan fingerprint density at radius 1 is 1.13 bits per heavy atom. The van der Waals surface area contributed by atoms with E-state index in [-0.39, 0.29) is 18.6 Å². The van der Waals surface area contributed by atoms with Gasteiger partial charge in [-0.2, -0.15) is 0 Å². The maximum absolute atomic E-state index is 10.7. The molecule has 2 heterocycles. The fraction of sp³-hybridized carbons (Fsp3) is 0.867. The highest BCUT2D eigenvalue weighted by atomic mass is 16.7. The minimum absolute atomic E-state index is 0.0878. The van der Waals surface area contributed by atoms with Crippen molar-refractivity contribution in [2.75, 3.05) is 20.8 Å². The van der Waals surface area contributed by atoms with E-state index in [9.17, 15) is 10.2 Å². The van der Waals surface area contributed by atoms with E-state index in [4.69, 9.17) is 18.9 Å². The molecule has 2 aliphatic heterocycles. The van der Waals surface area contributed by atoms with E-state index in [1.807, 2.05) is 13.8 Å². The van der Waals surface area contributed by atoms with Crippen molar-refractivity contribution in [1.82, 2.24) is 0 Å². The quantitative estimate of drug-likeness (QED) is 0.753. The third-order valence-electron chi connectivity index (χ3n) is 3.98. The molecule has 2 rings (SSSR count). The lowest BCUT2D eigenvalue weighted by Crippen LogP contribution is -2.55. The van der Waals surface area contributed by atoms with E-state index < -0.39 is 30.6 Å². The Bertz CT molecular complexity index is 467. The maximum atomic E-state index is 10.7. The lowest BCUT2D eigenvalue weighted by molar-refractivity contribution is -0.264. The summed E-state index contributed by atoms with van der Waals surface area (Å²) in [7, 11) is 3.00. The van der Waals surface area contributed by atoms with Crippen LogP contribution in [0.25, 0.3) is 0 Å². The SMILES string of the molecule is COC1=N[C@H](C(C)C)C(OC)=N[C@H]1[C@H](O)[C@@H]1O[C@H](C)OC[C@H]1O. The van der Waals surface area contributed by atoms with Crippen LogP contribution >= 0.6 is 0 Å². The molecule has 0 saturated carbocycles. The minimum Gasteiger partial charge on any atom is -0.483 e. The van der Waals surface area contributed by atoms with E-state index in [1.165, 1.54) is 14.2 Å². The second-order valence-corrected chi connectivity index (χ2v) is 6.04. The molecule has 2 aliphatic rings. The van der Waals surface area contributed by atoms with E-state index in [0.717, 1.165) is 0 Å². The number of aliphatic imine (C=N–C) groups is 2. The lowest BCUT2D eigenvalue weighted by Gasteiger charge is -2.38. The van der Waals surface area contributed by atoms with Crippen LogP contribution in [0.15, 0.2) is 9.98 Å². The van der Waals surface area contributed by atoms with Crippen molar-refractivity contribution in [3.05, 3.63) is 0 Å². The molecule has 0 aromatic rings. The fourth-order valence-electron chi connectivity index (χ4n) is 2.71. The molecule has 8 nitrogen and oxygen atoms in total. The number of nitrogens with zero attached hydrogens (tertiary/aromatic N) is 2. The summed E-state index contributed by atoms with van der Waals surface area (Å²) in [5.41, 5.74) is 0. The molecule has 132 valence electrons. The average Bonchev–Trinajstić information content (AvgIpc) is 2.54. The van der Waals surface area contributed by atoms with E-state index in [0.29, 0.717) is 11.8 Å². The first-order valence-electron chi connectivity index (χ1n) is 7.75. The van der Waals surface area contributed by atoms with Gasteiger partial charge in [0.2, 0.25) is 11.8 Å². The van der Waals surface area contributed by atoms with Gasteiger partial charge in [-0.15, -0.1) is 0 Å². The summed E-state index contributed by atoms with van der Waals surface area (Å²) in [5, 5.41) is 20.7. The van der Waals surface area contributed by atoms with Gasteiger partial charge in [0.25, 0.3) is 0 Å². The van der Waals surface area contributed by atoms with E-state index in [1.54, 1.807) is 6.92 Å². The van der Waals surface area contributed by atoms with Crippen molar-refractivity contribution >= 4 is 11.8 Å². The second-order valence-electron chi connectivity index (χ2n) is 6.04. The Balaban J connectivity index is 2.25. The summed E-state index contributed by atoms with van der Waals surface area (Å²) in [4.78, 5) is 8.95. The van der Waals surface area contributed by atoms with Crippen LogP contribution in [-0.2, 0) is 18.9 Å². The maximum Gasteiger partial charge on any atom is 0.212 e. The van der Waals surface area contributed by atoms with Crippen LogP contribution in [0.1, 0.15) is 20.8 Å². The van der Waals surface area contributed by atoms with Gasteiger partial charge in [0.1, 0.15) is 24.4 Å². The predicted molar refractivity (Wildman–Crippen MR) is 83.6 cm³/mol. The number of hydrogen-bond acceptors (Lipinski definition) is 8. The molecule has 8 heteroatoms. The number of aliphatic hydroxyl groups is 2. The zero-order valence-corrected chi connectivity index (χ0v) is 14.2. The molecule has 1 saturated heterocycles. The predicted octanol–water partition coefficient (Wildman–Crippen LogP) is -0.0338. The molecule has 6 atom stereocenters. The van der Waals surface area contributed by atoms with Gasteiger partial charge in [-0.25, -0.2) is 9.98 Å². The Morgan fingerprint density at radius 2 is 1.70 bits per heavy atom. The molecular weight excluding hydrogens is 304 g/mol. The number of ether oxygens (including phenoxy) is 4. The summed E-state index contributed by atoms with van der Waals surface area (Å²) in [6.45, 7) is 5.79. The summed E-state index contributed by atoms with van der Waals surface area (Å²) in [5.74, 6) is 0.897. The van der Waals surface area contributed by atoms with E-state index >= 15 is 0 Å². The molecule has 0 unspecified atom stereocenters. The molecule has 0 aromatic carbocycles. The number of aliphatic hydroxyl groups excluding tert-OH is 2. The van der Waals surface area contributed by atoms with Crippen LogP contribution in [0.5, 0.6) is 0 Å². The molecule has 0 aliphatic carbocycles. The fourth-order valence-corrected chi connectivity index (χ4v) is 2.71. The van der Waals surface area contributed by atoms with Gasteiger partial charge >= 0.3 is 0 Å². The first kappa shape index (κ1) is 18.1. The summed E-state index contributed by atoms with van der Waals surface area (Å²) in [6.07, 6.45) is -3.45. The molecule has 2 N–H and O–H groups in total. The lowest BCUT2D eigenvalue weighted by atomic mass is 9.97. The van der Waals surface area contributed by atoms with Crippen LogP contribution < -0.4 is 0 Å². The van der Waals surface area contributed by atoms with Crippen molar-refractivity contribution < 1.29 is 29.2 Å². The topological polar surface area (TPSA) is 102 Å². The Hall–Kier alpha value is -1.22. The van der Waals surface area contributed by atoms with Gasteiger partial charge in [-0.05, 0) is 12.8 Å². The average molecular weight is 330 g/mol. The molecule has 0 spiro atoms. The highest BCUT2D eigenvalue weighted by Gasteiger charge is 2.43. The van der Waals surface area contributed by atoms with Gasteiger partial charge < -0.3 is 29.2 Å². The first-order valence-corrected chi connectivity index (χ1v) is 7.75. The molecule has 23 heavy (non-hydrogen) atoms. The van der Waals surface area contributed by atoms with E-state index in [2.05, 4.69) is 9.98 Å². The van der Waals surface area contributed by atoms with Crippen molar-refractivity contribution in [3.63, 3.8) is 0 Å². The summed E-state index contributed by atoms with van der Waals surface area (Å²) < 4.78 is 21.3. The van der Waals surface area contributed by atoms with Gasteiger partial charge in [-0.3, -0.25) is 0 Å². The highest BCUT2D eigenvalue weighted by Crippen LogP contribution is 2.24. The molecule has 0 amide bonds. The van der Waals surface area contributed by atoms with Crippen molar-refractivity contribution in [2.24, 2.45) is 15.9 Å². The van der Waals surface area contributed by atoms with Crippen LogP contribution in [0, 0.1) is 5.92 Å². The number of methoxy groups -OCH3 is 2. The molecule has 1 fully saturated rings. The molecule has 0 radical (unpaired) electrons. The molecular formula is C15H26N2O6. The van der Waals surface area contributed by atoms with Crippen LogP contribution in [0.2, 0.25) is 0 Å². The number of rotatable bonds is 3. The Labute approximate surface area is 136 Å². The van der Waals surface area contributed by atoms with Crippen LogP contribution in [0.4, 0.5) is 0 Å². The van der Waals surface area contributed by atoms with Crippen molar-refractivity contribution in [3.8, 4) is 0 Å². The second kappa shape index (κ2) is 7.57. The Morgan fingerprint density at radius 3 is 2.26 bits per heavy atom. The monoisotopic (exact) mass is 330 g/mol. The van der Waals surface area contributed by atoms with Gasteiger partial charge in [0.05, 0.1) is 20.8 Å². The zero-order chi connectivity index (χ0) is 17.1. The minimum atomic E-state index is -1.13. The van der Waals surface area contributed by atoms with Gasteiger partial charge in [0.15, 0.2) is 12.3 Å². The van der Waals surface area contributed by atoms with Crippen LogP contribution in [0.3, 0.4) is 0 Å². The first-order chi connectivity index (χ1) is 10.9. The number of hydrogen-bond donors (Lipinski definition) is 2. The zero-order valence-electron chi connectivity index (χ0n) is 14.2. The van der Waals surface area contributed by atoms with Gasteiger partial charge in [-0.1, -0.05) is 13.8 Å². The van der Waals surface area contributed by atoms with Crippen molar-refractivity contribution in [1.29, 1.82) is 0 Å². The van der Waals surface area contributed by atoms with Crippen LogP contribution in [-0.4, -0.2) is 79.5 Å². The summed E-state index contributed by atoms with van der Waals surface area (Å²) in [6, 6.07) is -1.06. The highest BCUT2D eigenvalue weighted by molar-refractivity contribution is 5.94. The third-order valence-corrected chi connectivity index (χ3v) is 3.98. The Kier molecular flexibility index (Phi) is 5.96. The van der Waals surface area contributed by atoms with Gasteiger partial charge in [0, 0.05) is 0 Å².